The number of anilines is 3. The highest BCUT2D eigenvalue weighted by atomic mass is 16.3. The van der Waals surface area contributed by atoms with Gasteiger partial charge in [0.25, 0.3) is 0 Å². The molecular formula is C61H40N2O. The zero-order chi connectivity index (χ0) is 42.0. The molecule has 10 aromatic carbocycles. The van der Waals surface area contributed by atoms with E-state index < -0.39 is 0 Å². The Morgan fingerprint density at radius 2 is 0.984 bits per heavy atom. The summed E-state index contributed by atoms with van der Waals surface area (Å²) in [4.78, 5) is 2.42. The lowest BCUT2D eigenvalue weighted by atomic mass is 9.88. The highest BCUT2D eigenvalue weighted by Gasteiger charge is 2.24. The van der Waals surface area contributed by atoms with Crippen molar-refractivity contribution in [1.82, 2.24) is 4.40 Å². The van der Waals surface area contributed by atoms with Crippen molar-refractivity contribution < 1.29 is 4.42 Å². The average molecular weight is 817 g/mol. The molecule has 3 heteroatoms. The molecule has 3 aromatic heterocycles. The second-order valence-electron chi connectivity index (χ2n) is 17.6. The fourth-order valence-electron chi connectivity index (χ4n) is 11.3. The summed E-state index contributed by atoms with van der Waals surface area (Å²) < 4.78 is 8.87. The summed E-state index contributed by atoms with van der Waals surface area (Å²) in [7, 11) is 0. The molecule has 0 aliphatic heterocycles. The average Bonchev–Trinajstić information content (AvgIpc) is 4.03. The number of aromatic nitrogens is 1. The third-order valence-corrected chi connectivity index (χ3v) is 14.1. The highest BCUT2D eigenvalue weighted by molar-refractivity contribution is 6.28. The minimum Gasteiger partial charge on any atom is -0.456 e. The van der Waals surface area contributed by atoms with E-state index in [0.717, 1.165) is 34.8 Å². The summed E-state index contributed by atoms with van der Waals surface area (Å²) in [5, 5.41) is 14.0. The monoisotopic (exact) mass is 816 g/mol. The smallest absolute Gasteiger partial charge is 0.135 e. The second kappa shape index (κ2) is 13.4. The van der Waals surface area contributed by atoms with Crippen LogP contribution in [0.3, 0.4) is 0 Å². The highest BCUT2D eigenvalue weighted by Crippen LogP contribution is 2.47. The number of benzene rings is 10. The number of furan rings is 1. The Morgan fingerprint density at radius 3 is 1.66 bits per heavy atom. The first-order chi connectivity index (χ1) is 31.7. The zero-order valence-electron chi connectivity index (χ0n) is 35.2. The van der Waals surface area contributed by atoms with Gasteiger partial charge in [-0.25, -0.2) is 0 Å². The van der Waals surface area contributed by atoms with Crippen LogP contribution in [-0.2, 0) is 0 Å². The van der Waals surface area contributed by atoms with Gasteiger partial charge in [0, 0.05) is 49.6 Å². The van der Waals surface area contributed by atoms with Crippen LogP contribution < -0.4 is 4.90 Å². The molecule has 300 valence electrons. The quantitative estimate of drug-likeness (QED) is 0.161. The molecule has 1 aliphatic carbocycles. The summed E-state index contributed by atoms with van der Waals surface area (Å²) in [5.74, 6) is 1.39. The van der Waals surface area contributed by atoms with E-state index >= 15 is 0 Å². The molecule has 0 saturated heterocycles. The number of allylic oxidation sites excluding steroid dienone is 1. The maximum absolute atomic E-state index is 6.41. The van der Waals surface area contributed by atoms with Gasteiger partial charge in [0.2, 0.25) is 0 Å². The summed E-state index contributed by atoms with van der Waals surface area (Å²) in [6, 6.07) is 71.8. The van der Waals surface area contributed by atoms with Crippen molar-refractivity contribution in [1.29, 1.82) is 0 Å². The first kappa shape index (κ1) is 35.5. The molecular weight excluding hydrogens is 777 g/mol. The van der Waals surface area contributed by atoms with Crippen LogP contribution in [0.1, 0.15) is 30.6 Å². The van der Waals surface area contributed by atoms with E-state index in [4.69, 9.17) is 4.42 Å². The molecule has 1 atom stereocenters. The molecule has 0 radical (unpaired) electrons. The van der Waals surface area contributed by atoms with E-state index in [1.54, 1.807) is 0 Å². The van der Waals surface area contributed by atoms with Crippen LogP contribution in [-0.4, -0.2) is 4.40 Å². The third-order valence-electron chi connectivity index (χ3n) is 14.1. The van der Waals surface area contributed by atoms with E-state index in [1.165, 1.54) is 104 Å². The molecule has 3 nitrogen and oxygen atoms in total. The molecule has 0 spiro atoms. The van der Waals surface area contributed by atoms with Gasteiger partial charge in [-0.2, -0.15) is 0 Å². The van der Waals surface area contributed by atoms with Gasteiger partial charge < -0.3 is 13.7 Å². The Balaban J connectivity index is 0.948. The SMILES string of the molecule is CC1CC=Cc2oc3cccc(-c4ccc(N(c5ccc(-c6ccc7c8ccccc8n8c9ccccc9c6c78)cc5)c5ccc6c7ccccc7c7ccccc7c6c5)cc4)c3c21. The van der Waals surface area contributed by atoms with Crippen LogP contribution in [0.4, 0.5) is 17.1 Å². The molecule has 0 fully saturated rings. The maximum atomic E-state index is 6.41. The maximum Gasteiger partial charge on any atom is 0.135 e. The Bertz CT molecular complexity index is 4020. The van der Waals surface area contributed by atoms with E-state index in [9.17, 15) is 0 Å². The van der Waals surface area contributed by atoms with Gasteiger partial charge in [0.15, 0.2) is 0 Å². The minimum atomic E-state index is 0.400. The van der Waals surface area contributed by atoms with Gasteiger partial charge in [-0.3, -0.25) is 0 Å². The van der Waals surface area contributed by atoms with Crippen LogP contribution in [0, 0.1) is 0 Å². The molecule has 0 N–H and O–H groups in total. The predicted molar refractivity (Wildman–Crippen MR) is 271 cm³/mol. The van der Waals surface area contributed by atoms with E-state index in [2.05, 4.69) is 223 Å². The first-order valence-electron chi connectivity index (χ1n) is 22.4. The number of rotatable bonds is 5. The van der Waals surface area contributed by atoms with Crippen molar-refractivity contribution in [3.05, 3.63) is 212 Å². The van der Waals surface area contributed by atoms with E-state index in [-0.39, 0.29) is 0 Å². The van der Waals surface area contributed by atoms with Crippen molar-refractivity contribution in [3.63, 3.8) is 0 Å². The van der Waals surface area contributed by atoms with Crippen molar-refractivity contribution in [2.24, 2.45) is 0 Å². The lowest BCUT2D eigenvalue weighted by Crippen LogP contribution is -2.10. The number of fused-ring (bicyclic) bond motifs is 15. The topological polar surface area (TPSA) is 20.8 Å². The Morgan fingerprint density at radius 1 is 0.453 bits per heavy atom. The molecule has 0 bridgehead atoms. The van der Waals surface area contributed by atoms with Crippen LogP contribution in [0.5, 0.6) is 0 Å². The summed E-state index contributed by atoms with van der Waals surface area (Å²) in [6.07, 6.45) is 5.40. The number of hydrogen-bond donors (Lipinski definition) is 0. The van der Waals surface area contributed by atoms with E-state index in [0.29, 0.717) is 5.92 Å². The van der Waals surface area contributed by atoms with Crippen molar-refractivity contribution >= 4 is 105 Å². The molecule has 3 heterocycles. The van der Waals surface area contributed by atoms with Crippen molar-refractivity contribution in [3.8, 4) is 22.3 Å². The zero-order valence-corrected chi connectivity index (χ0v) is 35.2. The van der Waals surface area contributed by atoms with E-state index in [1.807, 2.05) is 0 Å². The Kier molecular flexibility index (Phi) is 7.44. The third kappa shape index (κ3) is 4.98. The second-order valence-corrected chi connectivity index (χ2v) is 17.6. The molecule has 13 aromatic rings. The molecule has 64 heavy (non-hydrogen) atoms. The number of nitrogens with zero attached hydrogens (tertiary/aromatic N) is 2. The molecule has 1 unspecified atom stereocenters. The van der Waals surface area contributed by atoms with Crippen LogP contribution in [0.2, 0.25) is 0 Å². The Hall–Kier alpha value is -8.14. The molecule has 0 saturated carbocycles. The minimum absolute atomic E-state index is 0.400. The van der Waals surface area contributed by atoms with Gasteiger partial charge in [-0.1, -0.05) is 153 Å². The van der Waals surface area contributed by atoms with Crippen molar-refractivity contribution in [2.45, 2.75) is 19.3 Å². The van der Waals surface area contributed by atoms with Gasteiger partial charge in [0.05, 0.1) is 16.6 Å². The van der Waals surface area contributed by atoms with Crippen molar-refractivity contribution in [2.75, 3.05) is 4.90 Å². The Labute approximate surface area is 369 Å². The largest absolute Gasteiger partial charge is 0.456 e. The summed E-state index contributed by atoms with van der Waals surface area (Å²) >= 11 is 0. The first-order valence-corrected chi connectivity index (χ1v) is 22.4. The molecule has 1 aliphatic rings. The van der Waals surface area contributed by atoms with Crippen LogP contribution in [0.15, 0.2) is 205 Å². The lowest BCUT2D eigenvalue weighted by Gasteiger charge is -2.27. The van der Waals surface area contributed by atoms with Gasteiger partial charge >= 0.3 is 0 Å². The van der Waals surface area contributed by atoms with Crippen LogP contribution in [0.25, 0.3) is 110 Å². The van der Waals surface area contributed by atoms with Crippen LogP contribution >= 0.6 is 0 Å². The number of para-hydroxylation sites is 2. The molecule has 0 amide bonds. The predicted octanol–water partition coefficient (Wildman–Crippen LogP) is 17.4. The van der Waals surface area contributed by atoms with Gasteiger partial charge in [-0.05, 0) is 128 Å². The standard InChI is InChI=1S/C61H40N2O/c1-37-12-10-22-56-58(37)60-43(19-11-23-57(60)64-56)38-24-28-40(29-25-38)62(42-32-33-49-47-15-3-2-13-45(47)46-14-4-5-16-48(46)53(49)36-42)41-30-26-39(27-31-41)44-34-35-51-50-17-6-8-20-54(50)63-55-21-9-7-18-52(55)59(44)61(51)63/h2-11,13-37H,12H2,1H3. The summed E-state index contributed by atoms with van der Waals surface area (Å²) in [5.41, 5.74) is 14.2. The molecule has 14 rings (SSSR count). The fourth-order valence-corrected chi connectivity index (χ4v) is 11.3. The lowest BCUT2D eigenvalue weighted by molar-refractivity contribution is 0.586. The van der Waals surface area contributed by atoms with Gasteiger partial charge in [0.1, 0.15) is 11.3 Å². The van der Waals surface area contributed by atoms with Gasteiger partial charge in [-0.15, -0.1) is 0 Å². The number of hydrogen-bond acceptors (Lipinski definition) is 2. The summed E-state index contributed by atoms with van der Waals surface area (Å²) in [6.45, 7) is 2.31. The normalized spacial score (nSPS) is 14.0. The fraction of sp³-hybridized carbons (Fsp3) is 0.0492.